The Bertz CT molecular complexity index is 710. The summed E-state index contributed by atoms with van der Waals surface area (Å²) in [5.41, 5.74) is 1.24. The van der Waals surface area contributed by atoms with Gasteiger partial charge in [-0.05, 0) is 36.5 Å². The number of carbonyl (C=O) groups is 1. The number of rotatable bonds is 6. The summed E-state index contributed by atoms with van der Waals surface area (Å²) < 4.78 is 5.54. The van der Waals surface area contributed by atoms with E-state index in [-0.39, 0.29) is 12.5 Å². The number of hydrogen-bond donors (Lipinski definition) is 1. The van der Waals surface area contributed by atoms with Crippen molar-refractivity contribution in [1.29, 1.82) is 0 Å². The first kappa shape index (κ1) is 17.2. The first-order valence-corrected chi connectivity index (χ1v) is 8.71. The van der Waals surface area contributed by atoms with E-state index in [9.17, 15) is 4.79 Å². The van der Waals surface area contributed by atoms with E-state index in [1.54, 1.807) is 6.07 Å². The molecule has 1 N–H and O–H groups in total. The van der Waals surface area contributed by atoms with Gasteiger partial charge in [0.25, 0.3) is 5.91 Å². The number of nitrogens with zero attached hydrogens (tertiary/aromatic N) is 3. The quantitative estimate of drug-likeness (QED) is 0.874. The lowest BCUT2D eigenvalue weighted by atomic mass is 10.0. The van der Waals surface area contributed by atoms with Gasteiger partial charge < -0.3 is 15.0 Å². The molecule has 1 aromatic carbocycles. The van der Waals surface area contributed by atoms with Gasteiger partial charge in [-0.15, -0.1) is 0 Å². The van der Waals surface area contributed by atoms with Crippen LogP contribution in [0.3, 0.4) is 0 Å². The molecule has 0 bridgehead atoms. The van der Waals surface area contributed by atoms with Crippen LogP contribution in [0.1, 0.15) is 38.2 Å². The van der Waals surface area contributed by atoms with Crippen LogP contribution in [0.2, 0.25) is 0 Å². The van der Waals surface area contributed by atoms with E-state index >= 15 is 0 Å². The number of anilines is 2. The third-order valence-electron chi connectivity index (χ3n) is 4.27. The molecule has 0 aliphatic carbocycles. The van der Waals surface area contributed by atoms with Gasteiger partial charge in [0.15, 0.2) is 6.61 Å². The zero-order chi connectivity index (χ0) is 17.6. The van der Waals surface area contributed by atoms with E-state index in [4.69, 9.17) is 4.74 Å². The molecule has 2 heterocycles. The Morgan fingerprint density at radius 1 is 1.20 bits per heavy atom. The Labute approximate surface area is 148 Å². The summed E-state index contributed by atoms with van der Waals surface area (Å²) in [5.74, 6) is 2.27. The van der Waals surface area contributed by atoms with Crippen molar-refractivity contribution in [3.05, 3.63) is 42.2 Å². The number of hydrogen-bond acceptors (Lipinski definition) is 5. The number of amides is 1. The van der Waals surface area contributed by atoms with Crippen molar-refractivity contribution in [2.45, 2.75) is 32.6 Å². The first-order valence-electron chi connectivity index (χ1n) is 8.71. The highest BCUT2D eigenvalue weighted by Gasteiger charge is 2.14. The van der Waals surface area contributed by atoms with Crippen molar-refractivity contribution in [1.82, 2.24) is 9.97 Å². The van der Waals surface area contributed by atoms with Crippen molar-refractivity contribution in [3.63, 3.8) is 0 Å². The second-order valence-corrected chi connectivity index (χ2v) is 6.52. The molecule has 3 rings (SSSR count). The van der Waals surface area contributed by atoms with E-state index in [1.807, 2.05) is 24.3 Å². The minimum Gasteiger partial charge on any atom is -0.484 e. The molecule has 1 aromatic heterocycles. The van der Waals surface area contributed by atoms with Gasteiger partial charge in [-0.1, -0.05) is 26.0 Å². The fraction of sp³-hybridized carbons (Fsp3) is 0.421. The summed E-state index contributed by atoms with van der Waals surface area (Å²) in [6.07, 6.45) is 3.83. The van der Waals surface area contributed by atoms with Crippen LogP contribution in [-0.4, -0.2) is 35.6 Å². The van der Waals surface area contributed by atoms with Crippen LogP contribution < -0.4 is 15.0 Å². The summed E-state index contributed by atoms with van der Waals surface area (Å²) in [6, 6.07) is 9.62. The maximum absolute atomic E-state index is 12.1. The maximum Gasteiger partial charge on any atom is 0.263 e. The highest BCUT2D eigenvalue weighted by molar-refractivity contribution is 5.91. The molecule has 132 valence electrons. The number of carbonyl (C=O) groups excluding carboxylic acids is 1. The van der Waals surface area contributed by atoms with E-state index in [0.717, 1.165) is 18.9 Å². The summed E-state index contributed by atoms with van der Waals surface area (Å²) in [7, 11) is 0. The fourth-order valence-electron chi connectivity index (χ4n) is 2.81. The molecular formula is C19H24N4O2. The predicted molar refractivity (Wildman–Crippen MR) is 98.1 cm³/mol. The van der Waals surface area contributed by atoms with Gasteiger partial charge in [-0.25, -0.2) is 9.97 Å². The molecule has 1 aliphatic heterocycles. The number of ether oxygens (including phenoxy) is 1. The molecule has 2 aromatic rings. The molecule has 0 unspecified atom stereocenters. The Hall–Kier alpha value is -2.63. The summed E-state index contributed by atoms with van der Waals surface area (Å²) in [5, 5.41) is 2.76. The van der Waals surface area contributed by atoms with Gasteiger partial charge in [0.05, 0.1) is 0 Å². The second-order valence-electron chi connectivity index (χ2n) is 6.52. The minimum atomic E-state index is -0.237. The van der Waals surface area contributed by atoms with Crippen molar-refractivity contribution < 1.29 is 9.53 Å². The molecule has 1 fully saturated rings. The van der Waals surface area contributed by atoms with E-state index in [2.05, 4.69) is 34.0 Å². The van der Waals surface area contributed by atoms with Gasteiger partial charge in [0, 0.05) is 19.2 Å². The molecule has 6 heteroatoms. The standard InChI is InChI=1S/C19H24N4O2/c1-14(2)15-5-7-16(8-6-15)25-12-19(24)22-17-11-18(21-13-20-17)23-9-3-4-10-23/h5-8,11,13-14H,3-4,9-10,12H2,1-2H3,(H,20,21,22,24). The molecule has 1 amide bonds. The van der Waals surface area contributed by atoms with Crippen LogP contribution in [0.4, 0.5) is 11.6 Å². The molecule has 1 aliphatic rings. The molecule has 0 atom stereocenters. The lowest BCUT2D eigenvalue weighted by molar-refractivity contribution is -0.118. The highest BCUT2D eigenvalue weighted by Crippen LogP contribution is 2.20. The average molecular weight is 340 g/mol. The summed E-state index contributed by atoms with van der Waals surface area (Å²) in [4.78, 5) is 22.7. The maximum atomic E-state index is 12.1. The molecular weight excluding hydrogens is 316 g/mol. The van der Waals surface area contributed by atoms with E-state index in [1.165, 1.54) is 24.7 Å². The highest BCUT2D eigenvalue weighted by atomic mass is 16.5. The Balaban J connectivity index is 1.53. The Morgan fingerprint density at radius 2 is 1.92 bits per heavy atom. The minimum absolute atomic E-state index is 0.0515. The van der Waals surface area contributed by atoms with E-state index in [0.29, 0.717) is 17.5 Å². The summed E-state index contributed by atoms with van der Waals surface area (Å²) >= 11 is 0. The molecule has 1 saturated heterocycles. The largest absolute Gasteiger partial charge is 0.484 e. The van der Waals surface area contributed by atoms with Gasteiger partial charge in [-0.3, -0.25) is 4.79 Å². The average Bonchev–Trinajstić information content (AvgIpc) is 3.15. The molecule has 0 radical (unpaired) electrons. The van der Waals surface area contributed by atoms with Crippen LogP contribution in [0.5, 0.6) is 5.75 Å². The SMILES string of the molecule is CC(C)c1ccc(OCC(=O)Nc2cc(N3CCCC3)ncn2)cc1. The molecule has 25 heavy (non-hydrogen) atoms. The second kappa shape index (κ2) is 7.96. The van der Waals surface area contributed by atoms with Crippen molar-refractivity contribution >= 4 is 17.5 Å². The normalized spacial score (nSPS) is 14.0. The number of nitrogens with one attached hydrogen (secondary N) is 1. The van der Waals surface area contributed by atoms with Gasteiger partial charge in [0.2, 0.25) is 0 Å². The lowest BCUT2D eigenvalue weighted by Gasteiger charge is -2.16. The van der Waals surface area contributed by atoms with Crippen LogP contribution in [-0.2, 0) is 4.79 Å². The van der Waals surface area contributed by atoms with Gasteiger partial charge in [0.1, 0.15) is 23.7 Å². The molecule has 6 nitrogen and oxygen atoms in total. The van der Waals surface area contributed by atoms with Crippen molar-refractivity contribution in [2.75, 3.05) is 29.9 Å². The van der Waals surface area contributed by atoms with Crippen LogP contribution in [0.15, 0.2) is 36.7 Å². The zero-order valence-corrected chi connectivity index (χ0v) is 14.7. The Kier molecular flexibility index (Phi) is 5.48. The number of benzene rings is 1. The fourth-order valence-corrected chi connectivity index (χ4v) is 2.81. The van der Waals surface area contributed by atoms with Gasteiger partial charge in [-0.2, -0.15) is 0 Å². The predicted octanol–water partition coefficient (Wildman–Crippen LogP) is 3.22. The zero-order valence-electron chi connectivity index (χ0n) is 14.7. The van der Waals surface area contributed by atoms with Crippen molar-refractivity contribution in [3.8, 4) is 5.75 Å². The van der Waals surface area contributed by atoms with Crippen LogP contribution in [0.25, 0.3) is 0 Å². The first-order chi connectivity index (χ1) is 12.1. The monoisotopic (exact) mass is 340 g/mol. The number of aromatic nitrogens is 2. The third kappa shape index (κ3) is 4.68. The van der Waals surface area contributed by atoms with Crippen molar-refractivity contribution in [2.24, 2.45) is 0 Å². The summed E-state index contributed by atoms with van der Waals surface area (Å²) in [6.45, 7) is 6.23. The van der Waals surface area contributed by atoms with E-state index < -0.39 is 0 Å². The van der Waals surface area contributed by atoms with Crippen LogP contribution in [0, 0.1) is 0 Å². The third-order valence-corrected chi connectivity index (χ3v) is 4.27. The Morgan fingerprint density at radius 3 is 2.60 bits per heavy atom. The smallest absolute Gasteiger partial charge is 0.263 e. The molecule has 0 spiro atoms. The van der Waals surface area contributed by atoms with Crippen LogP contribution >= 0.6 is 0 Å². The molecule has 0 saturated carbocycles. The topological polar surface area (TPSA) is 67.3 Å². The lowest BCUT2D eigenvalue weighted by Crippen LogP contribution is -2.22. The van der Waals surface area contributed by atoms with Gasteiger partial charge >= 0.3 is 0 Å².